The van der Waals surface area contributed by atoms with Gasteiger partial charge < -0.3 is 19.4 Å². The lowest BCUT2D eigenvalue weighted by atomic mass is 10.2. The molecule has 0 spiro atoms. The molecule has 0 saturated heterocycles. The second kappa shape index (κ2) is 5.99. The van der Waals surface area contributed by atoms with Crippen molar-refractivity contribution in [3.05, 3.63) is 23.4 Å². The average molecular weight is 265 g/mol. The summed E-state index contributed by atoms with van der Waals surface area (Å²) in [6, 6.07) is 1.49. The van der Waals surface area contributed by atoms with E-state index in [0.29, 0.717) is 24.9 Å². The molecule has 0 aliphatic rings. The van der Waals surface area contributed by atoms with Crippen molar-refractivity contribution in [3.8, 4) is 11.5 Å². The first-order valence-corrected chi connectivity index (χ1v) is 6.36. The number of ether oxygens (including phenoxy) is 1. The van der Waals surface area contributed by atoms with Gasteiger partial charge in [0.25, 0.3) is 5.89 Å². The molecule has 2 rings (SSSR count). The van der Waals surface area contributed by atoms with Gasteiger partial charge in [0.05, 0.1) is 18.2 Å². The molecule has 1 unspecified atom stereocenters. The molecule has 0 saturated carbocycles. The van der Waals surface area contributed by atoms with Gasteiger partial charge in [0, 0.05) is 6.61 Å². The topological polar surface area (TPSA) is 87.3 Å². The van der Waals surface area contributed by atoms with Crippen LogP contribution in [-0.4, -0.2) is 23.4 Å². The van der Waals surface area contributed by atoms with Crippen LogP contribution >= 0.6 is 0 Å². The molecule has 19 heavy (non-hydrogen) atoms. The van der Waals surface area contributed by atoms with Crippen LogP contribution in [0.3, 0.4) is 0 Å². The number of furan rings is 1. The lowest BCUT2D eigenvalue weighted by Crippen LogP contribution is -2.18. The van der Waals surface area contributed by atoms with Crippen LogP contribution in [0.4, 0.5) is 0 Å². The predicted molar refractivity (Wildman–Crippen MR) is 69.5 cm³/mol. The minimum atomic E-state index is -0.377. The summed E-state index contributed by atoms with van der Waals surface area (Å²) in [5.74, 6) is 2.44. The number of aryl methyl sites for hydroxylation is 2. The van der Waals surface area contributed by atoms with Crippen molar-refractivity contribution in [1.82, 2.24) is 10.1 Å². The Morgan fingerprint density at radius 1 is 1.42 bits per heavy atom. The summed E-state index contributed by atoms with van der Waals surface area (Å²) in [5.41, 5.74) is 6.74. The highest BCUT2D eigenvalue weighted by atomic mass is 16.5. The Morgan fingerprint density at radius 2 is 2.21 bits per heavy atom. The number of nitrogens with zero attached hydrogens (tertiary/aromatic N) is 2. The van der Waals surface area contributed by atoms with Gasteiger partial charge in [0.2, 0.25) is 0 Å². The van der Waals surface area contributed by atoms with Gasteiger partial charge in [-0.3, -0.25) is 0 Å². The SMILES string of the molecule is CCCOCC(N)c1noc(-c2cc(C)oc2C)n1. The maximum Gasteiger partial charge on any atom is 0.261 e. The van der Waals surface area contributed by atoms with Crippen molar-refractivity contribution in [2.24, 2.45) is 5.73 Å². The van der Waals surface area contributed by atoms with Crippen LogP contribution < -0.4 is 5.73 Å². The van der Waals surface area contributed by atoms with E-state index in [1.807, 2.05) is 26.8 Å². The summed E-state index contributed by atoms with van der Waals surface area (Å²) in [7, 11) is 0. The zero-order valence-electron chi connectivity index (χ0n) is 11.5. The van der Waals surface area contributed by atoms with Gasteiger partial charge in [-0.1, -0.05) is 12.1 Å². The van der Waals surface area contributed by atoms with Crippen LogP contribution in [0.5, 0.6) is 0 Å². The molecule has 2 aromatic heterocycles. The Morgan fingerprint density at radius 3 is 2.84 bits per heavy atom. The first-order valence-electron chi connectivity index (χ1n) is 6.36. The number of nitrogens with two attached hydrogens (primary N) is 1. The highest BCUT2D eigenvalue weighted by molar-refractivity contribution is 5.56. The Balaban J connectivity index is 2.08. The van der Waals surface area contributed by atoms with Crippen LogP contribution in [0.2, 0.25) is 0 Å². The third kappa shape index (κ3) is 3.21. The van der Waals surface area contributed by atoms with Gasteiger partial charge >= 0.3 is 0 Å². The molecule has 2 N–H and O–H groups in total. The molecule has 0 amide bonds. The van der Waals surface area contributed by atoms with Gasteiger partial charge in [-0.25, -0.2) is 0 Å². The van der Waals surface area contributed by atoms with Gasteiger partial charge in [-0.05, 0) is 26.3 Å². The number of aromatic nitrogens is 2. The summed E-state index contributed by atoms with van der Waals surface area (Å²) < 4.78 is 16.0. The quantitative estimate of drug-likeness (QED) is 0.807. The zero-order chi connectivity index (χ0) is 13.8. The molecule has 6 heteroatoms. The maximum absolute atomic E-state index is 5.94. The first kappa shape index (κ1) is 13.8. The molecular weight excluding hydrogens is 246 g/mol. The van der Waals surface area contributed by atoms with E-state index in [1.165, 1.54) is 0 Å². The van der Waals surface area contributed by atoms with Gasteiger partial charge in [-0.2, -0.15) is 4.98 Å². The van der Waals surface area contributed by atoms with Gasteiger partial charge in [0.15, 0.2) is 5.82 Å². The molecular formula is C13H19N3O3. The largest absolute Gasteiger partial charge is 0.466 e. The van der Waals surface area contributed by atoms with Crippen LogP contribution in [-0.2, 0) is 4.74 Å². The van der Waals surface area contributed by atoms with Crippen molar-refractivity contribution >= 4 is 0 Å². The minimum Gasteiger partial charge on any atom is -0.466 e. The smallest absolute Gasteiger partial charge is 0.261 e. The van der Waals surface area contributed by atoms with Gasteiger partial charge in [0.1, 0.15) is 11.5 Å². The van der Waals surface area contributed by atoms with E-state index < -0.39 is 0 Å². The number of hydrogen-bond acceptors (Lipinski definition) is 6. The number of rotatable bonds is 6. The molecule has 0 bridgehead atoms. The standard InChI is InChI=1S/C13H19N3O3/c1-4-5-17-7-11(14)12-15-13(19-16-12)10-6-8(2)18-9(10)3/h6,11H,4-5,7,14H2,1-3H3. The fourth-order valence-corrected chi connectivity index (χ4v) is 1.77. The highest BCUT2D eigenvalue weighted by Crippen LogP contribution is 2.25. The fourth-order valence-electron chi connectivity index (χ4n) is 1.77. The van der Waals surface area contributed by atoms with Crippen molar-refractivity contribution in [2.45, 2.75) is 33.2 Å². The Bertz CT molecular complexity index is 533. The fraction of sp³-hybridized carbons (Fsp3) is 0.538. The van der Waals surface area contributed by atoms with Crippen molar-refractivity contribution in [2.75, 3.05) is 13.2 Å². The van der Waals surface area contributed by atoms with Crippen LogP contribution in [0.25, 0.3) is 11.5 Å². The molecule has 0 aliphatic heterocycles. The van der Waals surface area contributed by atoms with E-state index in [2.05, 4.69) is 10.1 Å². The van der Waals surface area contributed by atoms with Crippen LogP contribution in [0.15, 0.2) is 15.0 Å². The summed E-state index contributed by atoms with van der Waals surface area (Å²) in [4.78, 5) is 4.29. The summed E-state index contributed by atoms with van der Waals surface area (Å²) in [5, 5.41) is 3.89. The molecule has 104 valence electrons. The highest BCUT2D eigenvalue weighted by Gasteiger charge is 2.18. The van der Waals surface area contributed by atoms with Gasteiger partial charge in [-0.15, -0.1) is 0 Å². The second-order valence-electron chi connectivity index (χ2n) is 4.47. The number of hydrogen-bond donors (Lipinski definition) is 1. The van der Waals surface area contributed by atoms with E-state index in [-0.39, 0.29) is 6.04 Å². The molecule has 0 fully saturated rings. The Labute approximate surface area is 111 Å². The van der Waals surface area contributed by atoms with E-state index in [9.17, 15) is 0 Å². The van der Waals surface area contributed by atoms with Crippen molar-refractivity contribution in [1.29, 1.82) is 0 Å². The second-order valence-corrected chi connectivity index (χ2v) is 4.47. The molecule has 0 radical (unpaired) electrons. The third-order valence-corrected chi connectivity index (χ3v) is 2.69. The van der Waals surface area contributed by atoms with E-state index in [1.54, 1.807) is 0 Å². The molecule has 0 aromatic carbocycles. The first-order chi connectivity index (χ1) is 9.11. The summed E-state index contributed by atoms with van der Waals surface area (Å²) in [6.45, 7) is 6.84. The van der Waals surface area contributed by atoms with E-state index in [0.717, 1.165) is 23.5 Å². The molecule has 2 heterocycles. The molecule has 6 nitrogen and oxygen atoms in total. The Hall–Kier alpha value is -1.66. The van der Waals surface area contributed by atoms with Crippen molar-refractivity contribution < 1.29 is 13.7 Å². The summed E-state index contributed by atoms with van der Waals surface area (Å²) in [6.07, 6.45) is 0.956. The monoisotopic (exact) mass is 265 g/mol. The third-order valence-electron chi connectivity index (χ3n) is 2.69. The molecule has 2 aromatic rings. The minimum absolute atomic E-state index is 0.377. The molecule has 0 aliphatic carbocycles. The average Bonchev–Trinajstić information content (AvgIpc) is 2.96. The summed E-state index contributed by atoms with van der Waals surface area (Å²) >= 11 is 0. The maximum atomic E-state index is 5.94. The predicted octanol–water partition coefficient (Wildman–Crippen LogP) is 2.37. The normalized spacial score (nSPS) is 12.8. The van der Waals surface area contributed by atoms with Crippen molar-refractivity contribution in [3.63, 3.8) is 0 Å². The Kier molecular flexibility index (Phi) is 4.34. The van der Waals surface area contributed by atoms with Crippen LogP contribution in [0.1, 0.15) is 36.7 Å². The van der Waals surface area contributed by atoms with E-state index >= 15 is 0 Å². The van der Waals surface area contributed by atoms with E-state index in [4.69, 9.17) is 19.4 Å². The van der Waals surface area contributed by atoms with Crippen LogP contribution in [0, 0.1) is 13.8 Å². The lowest BCUT2D eigenvalue weighted by molar-refractivity contribution is 0.119. The lowest BCUT2D eigenvalue weighted by Gasteiger charge is -2.06. The molecule has 1 atom stereocenters. The zero-order valence-corrected chi connectivity index (χ0v) is 11.5.